The summed E-state index contributed by atoms with van der Waals surface area (Å²) in [5.41, 5.74) is 0.349. The molecule has 0 aliphatic carbocycles. The third-order valence-electron chi connectivity index (χ3n) is 1.42. The van der Waals surface area contributed by atoms with Crippen molar-refractivity contribution < 1.29 is 4.74 Å². The fourth-order valence-electron chi connectivity index (χ4n) is 0.491. The standard InChI is InChI=1S/C7H13NOS/c1-7(2,9-4)6(5-10)8-3/h5,10H,3H2,1-2,4H3/b6-5-. The predicted molar refractivity (Wildman–Crippen MR) is 47.7 cm³/mol. The van der Waals surface area contributed by atoms with Gasteiger partial charge < -0.3 is 4.74 Å². The molecule has 0 unspecified atom stereocenters. The van der Waals surface area contributed by atoms with Crippen molar-refractivity contribution in [2.45, 2.75) is 19.4 Å². The van der Waals surface area contributed by atoms with Crippen LogP contribution in [0.4, 0.5) is 0 Å². The van der Waals surface area contributed by atoms with Crippen molar-refractivity contribution in [3.63, 3.8) is 0 Å². The van der Waals surface area contributed by atoms with Crippen molar-refractivity contribution in [3.05, 3.63) is 11.1 Å². The van der Waals surface area contributed by atoms with Crippen LogP contribution in [0.2, 0.25) is 0 Å². The van der Waals surface area contributed by atoms with E-state index in [1.165, 1.54) is 0 Å². The second kappa shape index (κ2) is 3.78. The largest absolute Gasteiger partial charge is 0.372 e. The van der Waals surface area contributed by atoms with E-state index in [2.05, 4.69) is 24.3 Å². The summed E-state index contributed by atoms with van der Waals surface area (Å²) in [6, 6.07) is 0. The zero-order chi connectivity index (χ0) is 8.20. The summed E-state index contributed by atoms with van der Waals surface area (Å²) < 4.78 is 5.13. The van der Waals surface area contributed by atoms with Gasteiger partial charge in [0.05, 0.1) is 5.70 Å². The fraction of sp³-hybridized carbons (Fsp3) is 0.571. The number of rotatable bonds is 3. The number of aliphatic imine (C=N–C) groups is 1. The molecule has 0 aliphatic heterocycles. The molecule has 0 atom stereocenters. The van der Waals surface area contributed by atoms with Crippen LogP contribution in [0.5, 0.6) is 0 Å². The molecule has 0 spiro atoms. The SMILES string of the molecule is C=N/C(=C\S)C(C)(C)OC. The highest BCUT2D eigenvalue weighted by atomic mass is 32.1. The van der Waals surface area contributed by atoms with Gasteiger partial charge >= 0.3 is 0 Å². The third kappa shape index (κ3) is 2.15. The Morgan fingerprint density at radius 1 is 1.70 bits per heavy atom. The van der Waals surface area contributed by atoms with Gasteiger partial charge in [0.2, 0.25) is 0 Å². The molecule has 0 saturated heterocycles. The van der Waals surface area contributed by atoms with Crippen LogP contribution in [0, 0.1) is 0 Å². The summed E-state index contributed by atoms with van der Waals surface area (Å²) in [6.07, 6.45) is 0. The van der Waals surface area contributed by atoms with Gasteiger partial charge in [-0.1, -0.05) is 0 Å². The van der Waals surface area contributed by atoms with E-state index >= 15 is 0 Å². The minimum Gasteiger partial charge on any atom is -0.372 e. The number of methoxy groups -OCH3 is 1. The van der Waals surface area contributed by atoms with Crippen LogP contribution in [-0.2, 0) is 4.74 Å². The molecule has 0 amide bonds. The first-order valence-electron chi connectivity index (χ1n) is 2.95. The van der Waals surface area contributed by atoms with E-state index in [9.17, 15) is 0 Å². The highest BCUT2D eigenvalue weighted by molar-refractivity contribution is 7.83. The number of ether oxygens (including phenoxy) is 1. The van der Waals surface area contributed by atoms with E-state index in [-0.39, 0.29) is 5.60 Å². The van der Waals surface area contributed by atoms with E-state index in [0.717, 1.165) is 5.70 Å². The molecule has 0 fully saturated rings. The van der Waals surface area contributed by atoms with Crippen LogP contribution in [-0.4, -0.2) is 19.4 Å². The van der Waals surface area contributed by atoms with Crippen molar-refractivity contribution in [2.75, 3.05) is 7.11 Å². The molecule has 0 heterocycles. The van der Waals surface area contributed by atoms with Crippen LogP contribution in [0.3, 0.4) is 0 Å². The maximum Gasteiger partial charge on any atom is 0.104 e. The van der Waals surface area contributed by atoms with Crippen molar-refractivity contribution in [3.8, 4) is 0 Å². The Balaban J connectivity index is 4.43. The van der Waals surface area contributed by atoms with Gasteiger partial charge in [-0.25, -0.2) is 0 Å². The Morgan fingerprint density at radius 3 is 2.30 bits per heavy atom. The molecule has 0 rings (SSSR count). The lowest BCUT2D eigenvalue weighted by Gasteiger charge is -2.22. The van der Waals surface area contributed by atoms with Gasteiger partial charge in [-0.05, 0) is 26.0 Å². The first-order chi connectivity index (χ1) is 4.58. The average molecular weight is 159 g/mol. The Kier molecular flexibility index (Phi) is 3.68. The molecule has 0 bridgehead atoms. The summed E-state index contributed by atoms with van der Waals surface area (Å²) in [7, 11) is 1.63. The summed E-state index contributed by atoms with van der Waals surface area (Å²) in [5.74, 6) is 0. The molecule has 0 saturated carbocycles. The summed E-state index contributed by atoms with van der Waals surface area (Å²) in [6.45, 7) is 7.21. The van der Waals surface area contributed by atoms with Crippen molar-refractivity contribution >= 4 is 19.3 Å². The van der Waals surface area contributed by atoms with Gasteiger partial charge in [0, 0.05) is 7.11 Å². The second-order valence-electron chi connectivity index (χ2n) is 2.39. The zero-order valence-corrected chi connectivity index (χ0v) is 7.48. The minimum absolute atomic E-state index is 0.385. The molecule has 0 aromatic carbocycles. The van der Waals surface area contributed by atoms with Crippen molar-refractivity contribution in [2.24, 2.45) is 4.99 Å². The van der Waals surface area contributed by atoms with Gasteiger partial charge in [0.25, 0.3) is 0 Å². The lowest BCUT2D eigenvalue weighted by atomic mass is 10.1. The lowest BCUT2D eigenvalue weighted by Crippen LogP contribution is -2.23. The zero-order valence-electron chi connectivity index (χ0n) is 6.59. The van der Waals surface area contributed by atoms with Crippen LogP contribution in [0.15, 0.2) is 16.1 Å². The van der Waals surface area contributed by atoms with E-state index in [1.54, 1.807) is 12.5 Å². The maximum atomic E-state index is 5.13. The Hall–Kier alpha value is -0.280. The smallest absolute Gasteiger partial charge is 0.104 e. The van der Waals surface area contributed by atoms with Gasteiger partial charge in [-0.15, -0.1) is 12.6 Å². The summed E-state index contributed by atoms with van der Waals surface area (Å²) >= 11 is 3.97. The van der Waals surface area contributed by atoms with E-state index in [1.807, 2.05) is 13.8 Å². The molecule has 58 valence electrons. The minimum atomic E-state index is -0.385. The molecule has 0 N–H and O–H groups in total. The highest BCUT2D eigenvalue weighted by Crippen LogP contribution is 2.20. The van der Waals surface area contributed by atoms with E-state index in [0.29, 0.717) is 0 Å². The van der Waals surface area contributed by atoms with Gasteiger partial charge in [-0.3, -0.25) is 4.99 Å². The van der Waals surface area contributed by atoms with Crippen molar-refractivity contribution in [1.82, 2.24) is 0 Å². The quantitative estimate of drug-likeness (QED) is 0.493. The number of nitrogens with zero attached hydrogens (tertiary/aromatic N) is 1. The molecule has 0 aliphatic rings. The summed E-state index contributed by atoms with van der Waals surface area (Å²) in [5, 5.41) is 1.59. The number of hydrogen-bond donors (Lipinski definition) is 1. The van der Waals surface area contributed by atoms with Gasteiger partial charge in [0.15, 0.2) is 0 Å². The van der Waals surface area contributed by atoms with Crippen molar-refractivity contribution in [1.29, 1.82) is 0 Å². The fourth-order valence-corrected chi connectivity index (χ4v) is 0.884. The molecule has 0 aromatic rings. The number of hydrogen-bond acceptors (Lipinski definition) is 3. The molecule has 3 heteroatoms. The molecular formula is C7H13NOS. The first kappa shape index (κ1) is 9.72. The monoisotopic (exact) mass is 159 g/mol. The Bertz CT molecular complexity index is 152. The average Bonchev–Trinajstić information content (AvgIpc) is 1.90. The van der Waals surface area contributed by atoms with Crippen LogP contribution in [0.25, 0.3) is 0 Å². The topological polar surface area (TPSA) is 21.6 Å². The molecule has 0 aromatic heterocycles. The number of thiol groups is 1. The first-order valence-corrected chi connectivity index (χ1v) is 3.47. The molecular weight excluding hydrogens is 146 g/mol. The molecule has 10 heavy (non-hydrogen) atoms. The lowest BCUT2D eigenvalue weighted by molar-refractivity contribution is 0.0544. The Labute approximate surface area is 67.4 Å². The van der Waals surface area contributed by atoms with Gasteiger partial charge in [-0.2, -0.15) is 0 Å². The predicted octanol–water partition coefficient (Wildman–Crippen LogP) is 1.88. The third-order valence-corrected chi connectivity index (χ3v) is 1.66. The van der Waals surface area contributed by atoms with Gasteiger partial charge in [0.1, 0.15) is 5.60 Å². The second-order valence-corrected chi connectivity index (χ2v) is 2.65. The van der Waals surface area contributed by atoms with Crippen LogP contribution in [0.1, 0.15) is 13.8 Å². The normalized spacial score (nSPS) is 13.4. The van der Waals surface area contributed by atoms with E-state index in [4.69, 9.17) is 4.74 Å². The highest BCUT2D eigenvalue weighted by Gasteiger charge is 2.20. The molecule has 0 radical (unpaired) electrons. The van der Waals surface area contributed by atoms with Crippen LogP contribution < -0.4 is 0 Å². The molecule has 2 nitrogen and oxygen atoms in total. The van der Waals surface area contributed by atoms with E-state index < -0.39 is 0 Å². The maximum absolute atomic E-state index is 5.13. The van der Waals surface area contributed by atoms with Crippen LogP contribution >= 0.6 is 12.6 Å². The Morgan fingerprint density at radius 2 is 2.20 bits per heavy atom. The summed E-state index contributed by atoms with van der Waals surface area (Å²) in [4.78, 5) is 3.76.